The van der Waals surface area contributed by atoms with Crippen LogP contribution >= 0.6 is 0 Å². The van der Waals surface area contributed by atoms with Crippen molar-refractivity contribution in [3.8, 4) is 11.4 Å². The summed E-state index contributed by atoms with van der Waals surface area (Å²) in [7, 11) is 6.44. The van der Waals surface area contributed by atoms with Crippen LogP contribution in [-0.4, -0.2) is 64.7 Å². The summed E-state index contributed by atoms with van der Waals surface area (Å²) >= 11 is 0. The van der Waals surface area contributed by atoms with Gasteiger partial charge in [-0.1, -0.05) is 39.0 Å². The standard InChI is InChI=1S/C25H35N5O2.HI/c1-25(2,3)19-16-18(12-13-23(31)26-14-9-15-30(4,5)6)17-22(24(19)32)29-27-20-10-7-8-11-21(20)28-29;/h7-8,10-11,16-17H,9,12-15H2,1-6H3,(H-,26,31,32);1H. The Labute approximate surface area is 213 Å². The molecule has 3 rings (SSSR count). The first kappa shape index (κ1) is 27.0. The van der Waals surface area contributed by atoms with Gasteiger partial charge in [0.1, 0.15) is 22.5 Å². The largest absolute Gasteiger partial charge is 1.00 e. The molecule has 7 nitrogen and oxygen atoms in total. The number of rotatable bonds is 8. The molecule has 0 saturated heterocycles. The average molecular weight is 566 g/mol. The minimum atomic E-state index is -0.269. The third kappa shape index (κ3) is 7.40. The van der Waals surface area contributed by atoms with Gasteiger partial charge in [0.25, 0.3) is 0 Å². The van der Waals surface area contributed by atoms with Crippen molar-refractivity contribution in [2.24, 2.45) is 0 Å². The van der Waals surface area contributed by atoms with E-state index in [0.717, 1.165) is 39.6 Å². The topological polar surface area (TPSA) is 80.0 Å². The molecular weight excluding hydrogens is 529 g/mol. The lowest BCUT2D eigenvalue weighted by Gasteiger charge is -2.23. The molecule has 0 unspecified atom stereocenters. The monoisotopic (exact) mass is 565 g/mol. The minimum Gasteiger partial charge on any atom is -1.00 e. The number of phenols is 1. The highest BCUT2D eigenvalue weighted by Gasteiger charge is 2.23. The highest BCUT2D eigenvalue weighted by molar-refractivity contribution is 5.76. The maximum atomic E-state index is 12.4. The van der Waals surface area contributed by atoms with Crippen molar-refractivity contribution in [1.82, 2.24) is 20.3 Å². The molecule has 1 aromatic heterocycles. The van der Waals surface area contributed by atoms with E-state index in [2.05, 4.69) is 57.4 Å². The summed E-state index contributed by atoms with van der Waals surface area (Å²) < 4.78 is 0.887. The van der Waals surface area contributed by atoms with Gasteiger partial charge < -0.3 is 38.9 Å². The molecule has 0 radical (unpaired) electrons. The Morgan fingerprint density at radius 3 is 2.24 bits per heavy atom. The molecule has 2 aromatic carbocycles. The number of aryl methyl sites for hydroxylation is 1. The predicted octanol–water partition coefficient (Wildman–Crippen LogP) is 0.573. The number of nitrogens with zero attached hydrogens (tertiary/aromatic N) is 4. The van der Waals surface area contributed by atoms with Crippen LogP contribution in [0.3, 0.4) is 0 Å². The zero-order valence-corrected chi connectivity index (χ0v) is 22.7. The maximum Gasteiger partial charge on any atom is 0.220 e. The van der Waals surface area contributed by atoms with Crippen LogP contribution in [0.5, 0.6) is 5.75 Å². The number of hydrogen-bond donors (Lipinski definition) is 2. The van der Waals surface area contributed by atoms with E-state index in [1.54, 1.807) is 0 Å². The molecule has 0 saturated carbocycles. The Morgan fingerprint density at radius 2 is 1.70 bits per heavy atom. The Balaban J connectivity index is 0.00000385. The number of carbonyl (C=O) groups is 1. The molecule has 0 bridgehead atoms. The summed E-state index contributed by atoms with van der Waals surface area (Å²) in [6.07, 6.45) is 1.93. The molecule has 0 aliphatic carbocycles. The van der Waals surface area contributed by atoms with Crippen molar-refractivity contribution in [2.45, 2.75) is 45.4 Å². The summed E-state index contributed by atoms with van der Waals surface area (Å²) in [6, 6.07) is 11.5. The molecule has 8 heteroatoms. The smallest absolute Gasteiger partial charge is 0.220 e. The van der Waals surface area contributed by atoms with Gasteiger partial charge in [0.2, 0.25) is 5.91 Å². The highest BCUT2D eigenvalue weighted by atomic mass is 127. The molecule has 2 N–H and O–H groups in total. The van der Waals surface area contributed by atoms with Gasteiger partial charge >= 0.3 is 0 Å². The number of carbonyl (C=O) groups excluding carboxylic acids is 1. The van der Waals surface area contributed by atoms with Gasteiger partial charge in [-0.15, -0.1) is 15.0 Å². The fourth-order valence-electron chi connectivity index (χ4n) is 3.64. The number of quaternary nitrogens is 1. The predicted molar refractivity (Wildman–Crippen MR) is 128 cm³/mol. The molecule has 180 valence electrons. The fourth-order valence-corrected chi connectivity index (χ4v) is 3.64. The van der Waals surface area contributed by atoms with E-state index in [1.807, 2.05) is 36.4 Å². The van der Waals surface area contributed by atoms with Gasteiger partial charge in [-0.25, -0.2) is 0 Å². The van der Waals surface area contributed by atoms with Crippen molar-refractivity contribution in [3.63, 3.8) is 0 Å². The molecule has 0 fully saturated rings. The van der Waals surface area contributed by atoms with Crippen LogP contribution in [0, 0.1) is 0 Å². The van der Waals surface area contributed by atoms with Crippen LogP contribution < -0.4 is 29.3 Å². The number of hydrogen-bond acceptors (Lipinski definition) is 4. The third-order valence-corrected chi connectivity index (χ3v) is 5.43. The van der Waals surface area contributed by atoms with E-state index in [4.69, 9.17) is 0 Å². The second kappa shape index (κ2) is 10.8. The lowest BCUT2D eigenvalue weighted by atomic mass is 9.84. The van der Waals surface area contributed by atoms with Crippen molar-refractivity contribution in [1.29, 1.82) is 0 Å². The van der Waals surface area contributed by atoms with Crippen molar-refractivity contribution in [3.05, 3.63) is 47.5 Å². The van der Waals surface area contributed by atoms with Gasteiger partial charge in [-0.3, -0.25) is 4.79 Å². The van der Waals surface area contributed by atoms with Crippen molar-refractivity contribution >= 4 is 16.9 Å². The number of phenolic OH excluding ortho intramolecular Hbond substituents is 1. The zero-order valence-electron chi connectivity index (χ0n) is 20.5. The van der Waals surface area contributed by atoms with Crippen molar-refractivity contribution in [2.75, 3.05) is 34.2 Å². The summed E-state index contributed by atoms with van der Waals surface area (Å²) in [5, 5.41) is 23.1. The maximum absolute atomic E-state index is 12.4. The lowest BCUT2D eigenvalue weighted by Crippen LogP contribution is -3.00. The van der Waals surface area contributed by atoms with Crippen LogP contribution in [0.4, 0.5) is 0 Å². The molecule has 0 aliphatic heterocycles. The Bertz CT molecular complexity index is 1060. The Kier molecular flexibility index (Phi) is 8.87. The molecule has 3 aromatic rings. The van der Waals surface area contributed by atoms with Crippen LogP contribution in [-0.2, 0) is 16.6 Å². The van der Waals surface area contributed by atoms with E-state index >= 15 is 0 Å². The van der Waals surface area contributed by atoms with Gasteiger partial charge in [-0.2, -0.15) is 0 Å². The van der Waals surface area contributed by atoms with Gasteiger partial charge in [-0.05, 0) is 35.6 Å². The van der Waals surface area contributed by atoms with E-state index in [-0.39, 0.29) is 41.0 Å². The first-order valence-corrected chi connectivity index (χ1v) is 11.2. The van der Waals surface area contributed by atoms with E-state index in [1.165, 1.54) is 4.80 Å². The normalized spacial score (nSPS) is 11.9. The van der Waals surface area contributed by atoms with Crippen molar-refractivity contribution < 1.29 is 38.4 Å². The molecule has 0 atom stereocenters. The number of aromatic hydroxyl groups is 1. The number of halogens is 1. The third-order valence-electron chi connectivity index (χ3n) is 5.43. The summed E-state index contributed by atoms with van der Waals surface area (Å²) in [5.74, 6) is 0.215. The fraction of sp³-hybridized carbons (Fsp3) is 0.480. The second-order valence-electron chi connectivity index (χ2n) is 10.5. The second-order valence-corrected chi connectivity index (χ2v) is 10.5. The summed E-state index contributed by atoms with van der Waals surface area (Å²) in [4.78, 5) is 13.9. The first-order valence-electron chi connectivity index (χ1n) is 11.2. The van der Waals surface area contributed by atoms with Crippen LogP contribution in [0.2, 0.25) is 0 Å². The number of aromatic nitrogens is 3. The molecule has 1 amide bonds. The van der Waals surface area contributed by atoms with E-state index in [9.17, 15) is 9.90 Å². The highest BCUT2D eigenvalue weighted by Crippen LogP contribution is 2.36. The SMILES string of the molecule is CC(C)(C)c1cc(CCC(=O)NCCC[N+](C)(C)C)cc(-n2nc3ccccc3n2)c1O.[I-]. The van der Waals surface area contributed by atoms with Crippen LogP contribution in [0.1, 0.15) is 44.7 Å². The number of fused-ring (bicyclic) bond motifs is 1. The molecule has 0 spiro atoms. The molecule has 1 heterocycles. The zero-order chi connectivity index (χ0) is 23.5. The van der Waals surface area contributed by atoms with Gasteiger partial charge in [0, 0.05) is 24.9 Å². The average Bonchev–Trinajstić information content (AvgIpc) is 3.12. The lowest BCUT2D eigenvalue weighted by molar-refractivity contribution is -0.870. The first-order chi connectivity index (χ1) is 14.9. The van der Waals surface area contributed by atoms with Gasteiger partial charge in [0.05, 0.1) is 27.7 Å². The molecular formula is C25H36IN5O2. The number of benzene rings is 2. The minimum absolute atomic E-state index is 0. The Hall–Kier alpha value is -2.20. The van der Waals surface area contributed by atoms with E-state index < -0.39 is 0 Å². The van der Waals surface area contributed by atoms with Gasteiger partial charge in [0.15, 0.2) is 0 Å². The van der Waals surface area contributed by atoms with Crippen LogP contribution in [0.15, 0.2) is 36.4 Å². The molecule has 0 aliphatic rings. The summed E-state index contributed by atoms with van der Waals surface area (Å²) in [6.45, 7) is 7.88. The number of amides is 1. The number of nitrogens with one attached hydrogen (secondary N) is 1. The Morgan fingerprint density at radius 1 is 1.09 bits per heavy atom. The van der Waals surface area contributed by atoms with E-state index in [0.29, 0.717) is 25.1 Å². The van der Waals surface area contributed by atoms with Crippen LogP contribution in [0.25, 0.3) is 16.7 Å². The quantitative estimate of drug-likeness (QED) is 0.238. The molecule has 33 heavy (non-hydrogen) atoms. The summed E-state index contributed by atoms with van der Waals surface area (Å²) in [5.41, 5.74) is 3.59.